The highest BCUT2D eigenvalue weighted by Gasteiger charge is 2.43. The fourth-order valence-corrected chi connectivity index (χ4v) is 5.72. The summed E-state index contributed by atoms with van der Waals surface area (Å²) in [6, 6.07) is 0. The summed E-state index contributed by atoms with van der Waals surface area (Å²) in [6.45, 7) is 18.8. The largest absolute Gasteiger partial charge is 0.147 e. The Bertz CT molecular complexity index is 585. The van der Waals surface area contributed by atoms with Crippen LogP contribution in [0.3, 0.4) is 0 Å². The fraction of sp³-hybridized carbons (Fsp3) is 0.652. The van der Waals surface area contributed by atoms with Crippen molar-refractivity contribution in [3.05, 3.63) is 47.1 Å². The molecule has 0 spiro atoms. The van der Waals surface area contributed by atoms with E-state index in [1.807, 2.05) is 0 Å². The molecule has 0 heterocycles. The van der Waals surface area contributed by atoms with Gasteiger partial charge in [0.1, 0.15) is 0 Å². The zero-order valence-electron chi connectivity index (χ0n) is 17.0. The van der Waals surface area contributed by atoms with E-state index < -0.39 is 0 Å². The summed E-state index contributed by atoms with van der Waals surface area (Å²) < 4.78 is 0.196. The predicted molar refractivity (Wildman–Crippen MR) is 112 cm³/mol. The van der Waals surface area contributed by atoms with Gasteiger partial charge in [-0.25, -0.2) is 0 Å². The third kappa shape index (κ3) is 4.48. The second-order valence-corrected chi connectivity index (χ2v) is 11.6. The number of hydrogen-bond donors (Lipinski definition) is 0. The molecule has 0 radical (unpaired) electrons. The lowest BCUT2D eigenvalue weighted by atomic mass is 9.68. The Morgan fingerprint density at radius 1 is 1.04 bits per heavy atom. The quantitative estimate of drug-likeness (QED) is 0.509. The van der Waals surface area contributed by atoms with Crippen molar-refractivity contribution in [2.45, 2.75) is 84.6 Å². The van der Waals surface area contributed by atoms with Gasteiger partial charge in [-0.3, -0.25) is 0 Å². The summed E-state index contributed by atoms with van der Waals surface area (Å²) in [6.07, 6.45) is 15.5. The first-order valence-electron chi connectivity index (χ1n) is 9.41. The topological polar surface area (TPSA) is 0 Å². The van der Waals surface area contributed by atoms with Crippen molar-refractivity contribution in [1.82, 2.24) is 0 Å². The van der Waals surface area contributed by atoms with E-state index in [1.54, 1.807) is 5.57 Å². The minimum Gasteiger partial charge on any atom is -0.147 e. The highest BCUT2D eigenvalue weighted by Crippen LogP contribution is 2.54. The molecule has 2 aliphatic rings. The highest BCUT2D eigenvalue weighted by atomic mass is 32.2. The van der Waals surface area contributed by atoms with Crippen LogP contribution in [0.25, 0.3) is 0 Å². The molecule has 0 amide bonds. The summed E-state index contributed by atoms with van der Waals surface area (Å²) in [7, 11) is 0. The van der Waals surface area contributed by atoms with Crippen LogP contribution >= 0.6 is 11.8 Å². The lowest BCUT2D eigenvalue weighted by molar-refractivity contribution is 0.424. The predicted octanol–water partition coefficient (Wildman–Crippen LogP) is 7.49. The summed E-state index contributed by atoms with van der Waals surface area (Å²) in [5.74, 6) is 0. The van der Waals surface area contributed by atoms with Gasteiger partial charge in [0, 0.05) is 4.75 Å². The molecule has 0 aliphatic heterocycles. The van der Waals surface area contributed by atoms with Gasteiger partial charge in [0.2, 0.25) is 0 Å². The molecular formula is C23H36S. The Morgan fingerprint density at radius 2 is 1.71 bits per heavy atom. The summed E-state index contributed by atoms with van der Waals surface area (Å²) in [5.41, 5.74) is 5.06. The van der Waals surface area contributed by atoms with Crippen LogP contribution in [0, 0.1) is 10.8 Å². The first-order valence-corrected chi connectivity index (χ1v) is 10.3. The molecule has 0 aromatic carbocycles. The fourth-order valence-electron chi connectivity index (χ4n) is 3.89. The van der Waals surface area contributed by atoms with E-state index in [0.29, 0.717) is 5.25 Å². The first-order chi connectivity index (χ1) is 10.9. The zero-order valence-corrected chi connectivity index (χ0v) is 17.8. The van der Waals surface area contributed by atoms with E-state index >= 15 is 0 Å². The summed E-state index contributed by atoms with van der Waals surface area (Å²) in [5, 5.41) is 0.631. The van der Waals surface area contributed by atoms with Crippen LogP contribution in [-0.2, 0) is 0 Å². The van der Waals surface area contributed by atoms with Gasteiger partial charge >= 0.3 is 0 Å². The molecule has 0 nitrogen and oxygen atoms in total. The van der Waals surface area contributed by atoms with E-state index in [9.17, 15) is 0 Å². The van der Waals surface area contributed by atoms with E-state index in [1.165, 1.54) is 11.1 Å². The monoisotopic (exact) mass is 344 g/mol. The molecule has 0 fully saturated rings. The van der Waals surface area contributed by atoms with Crippen LogP contribution in [0.2, 0.25) is 0 Å². The van der Waals surface area contributed by atoms with Crippen LogP contribution in [0.15, 0.2) is 47.1 Å². The van der Waals surface area contributed by atoms with Crippen molar-refractivity contribution in [3.63, 3.8) is 0 Å². The summed E-state index contributed by atoms with van der Waals surface area (Å²) in [4.78, 5) is 0. The van der Waals surface area contributed by atoms with Gasteiger partial charge in [0.25, 0.3) is 0 Å². The molecule has 0 saturated carbocycles. The molecule has 0 N–H and O–H groups in total. The highest BCUT2D eigenvalue weighted by molar-refractivity contribution is 8.01. The summed E-state index contributed by atoms with van der Waals surface area (Å²) >= 11 is 2.17. The molecule has 2 aliphatic carbocycles. The van der Waals surface area contributed by atoms with Crippen LogP contribution < -0.4 is 0 Å². The molecule has 0 saturated heterocycles. The second kappa shape index (κ2) is 6.90. The molecule has 134 valence electrons. The minimum atomic E-state index is 0.190. The smallest absolute Gasteiger partial charge is 0.0453 e. The minimum absolute atomic E-state index is 0.190. The van der Waals surface area contributed by atoms with Crippen molar-refractivity contribution in [1.29, 1.82) is 0 Å². The molecule has 2 rings (SSSR count). The maximum atomic E-state index is 2.54. The molecule has 0 bridgehead atoms. The molecule has 1 unspecified atom stereocenters. The molecule has 24 heavy (non-hydrogen) atoms. The van der Waals surface area contributed by atoms with Gasteiger partial charge < -0.3 is 0 Å². The van der Waals surface area contributed by atoms with Gasteiger partial charge in [-0.1, -0.05) is 91.3 Å². The van der Waals surface area contributed by atoms with E-state index in [4.69, 9.17) is 0 Å². The Labute approximate surface area is 154 Å². The van der Waals surface area contributed by atoms with Crippen molar-refractivity contribution < 1.29 is 0 Å². The van der Waals surface area contributed by atoms with Gasteiger partial charge in [-0.2, -0.15) is 0 Å². The van der Waals surface area contributed by atoms with Gasteiger partial charge in [0.15, 0.2) is 0 Å². The number of hydrogen-bond acceptors (Lipinski definition) is 1. The Balaban J connectivity index is 2.50. The van der Waals surface area contributed by atoms with Gasteiger partial charge in [-0.05, 0) is 46.5 Å². The van der Waals surface area contributed by atoms with Gasteiger partial charge in [-0.15, -0.1) is 11.8 Å². The molecule has 1 atom stereocenters. The van der Waals surface area contributed by atoms with Crippen LogP contribution in [0.4, 0.5) is 0 Å². The van der Waals surface area contributed by atoms with Crippen molar-refractivity contribution >= 4 is 11.8 Å². The third-order valence-corrected chi connectivity index (χ3v) is 6.37. The Kier molecular flexibility index (Phi) is 5.65. The van der Waals surface area contributed by atoms with E-state index in [-0.39, 0.29) is 15.6 Å². The number of rotatable bonds is 4. The molecule has 1 heteroatoms. The second-order valence-electron chi connectivity index (χ2n) is 9.68. The number of thioether (sulfide) groups is 1. The normalized spacial score (nSPS) is 25.0. The van der Waals surface area contributed by atoms with E-state index in [0.717, 1.165) is 19.3 Å². The standard InChI is InChI=1S/C23H36S/c1-17(2)24-23(16-18-11-9-10-12-18)14-13-19(21(3,4)5)15-20(23)22(6,7)8/h9,11-13,15,17H,10,14,16H2,1-8H3. The lowest BCUT2D eigenvalue weighted by Gasteiger charge is -2.46. The maximum absolute atomic E-state index is 2.54. The van der Waals surface area contributed by atoms with Crippen LogP contribution in [0.5, 0.6) is 0 Å². The van der Waals surface area contributed by atoms with Gasteiger partial charge in [0.05, 0.1) is 0 Å². The first kappa shape index (κ1) is 19.6. The third-order valence-electron chi connectivity index (χ3n) is 4.92. The zero-order chi connectivity index (χ0) is 18.2. The van der Waals surface area contributed by atoms with E-state index in [2.05, 4.69) is 97.5 Å². The molecule has 0 aromatic rings. The van der Waals surface area contributed by atoms with Crippen LogP contribution in [-0.4, -0.2) is 10.00 Å². The van der Waals surface area contributed by atoms with Crippen molar-refractivity contribution in [3.8, 4) is 0 Å². The lowest BCUT2D eigenvalue weighted by Crippen LogP contribution is -2.38. The molecular weight excluding hydrogens is 308 g/mol. The van der Waals surface area contributed by atoms with Crippen LogP contribution in [0.1, 0.15) is 74.7 Å². The number of allylic oxidation sites excluding steroid dienone is 7. The maximum Gasteiger partial charge on any atom is 0.0453 e. The van der Waals surface area contributed by atoms with Crippen molar-refractivity contribution in [2.75, 3.05) is 0 Å². The SMILES string of the molecule is CC(C)SC1(CC2=CCC=C2)CC=C(C(C)(C)C)C=C1C(C)(C)C. The van der Waals surface area contributed by atoms with Crippen molar-refractivity contribution in [2.24, 2.45) is 10.8 Å². The average Bonchev–Trinajstić information content (AvgIpc) is 2.88. The Morgan fingerprint density at radius 3 is 2.17 bits per heavy atom. The molecule has 0 aromatic heterocycles. The average molecular weight is 345 g/mol. The Hall–Kier alpha value is -0.690.